The maximum absolute atomic E-state index is 14.0. The molecule has 4 rings (SSSR count). The molecule has 0 aromatic heterocycles. The van der Waals surface area contributed by atoms with Gasteiger partial charge in [-0.2, -0.15) is 0 Å². The summed E-state index contributed by atoms with van der Waals surface area (Å²) < 4.78 is 14.0. The van der Waals surface area contributed by atoms with Gasteiger partial charge in [-0.15, -0.1) is 0 Å². The Kier molecular flexibility index (Phi) is 7.43. The van der Waals surface area contributed by atoms with Gasteiger partial charge in [-0.05, 0) is 50.8 Å². The molecule has 1 aromatic rings. The third-order valence-electron chi connectivity index (χ3n) is 7.06. The second-order valence-corrected chi connectivity index (χ2v) is 9.10. The van der Waals surface area contributed by atoms with E-state index in [9.17, 15) is 14.0 Å². The van der Waals surface area contributed by atoms with Crippen molar-refractivity contribution < 1.29 is 14.0 Å². The highest BCUT2D eigenvalue weighted by Crippen LogP contribution is 2.29. The molecule has 0 radical (unpaired) electrons. The van der Waals surface area contributed by atoms with Crippen molar-refractivity contribution in [1.82, 2.24) is 15.1 Å². The smallest absolute Gasteiger partial charge is 0.242 e. The van der Waals surface area contributed by atoms with Crippen molar-refractivity contribution in [3.63, 3.8) is 0 Å². The quantitative estimate of drug-likeness (QED) is 0.676. The number of halogens is 1. The van der Waals surface area contributed by atoms with E-state index in [0.717, 1.165) is 84.2 Å². The zero-order valence-electron chi connectivity index (χ0n) is 18.4. The van der Waals surface area contributed by atoms with E-state index in [2.05, 4.69) is 15.1 Å². The van der Waals surface area contributed by atoms with Gasteiger partial charge in [0.05, 0.1) is 5.69 Å². The molecule has 2 heterocycles. The van der Waals surface area contributed by atoms with Gasteiger partial charge in [-0.1, -0.05) is 25.0 Å². The number of para-hydroxylation sites is 1. The third kappa shape index (κ3) is 5.37. The van der Waals surface area contributed by atoms with Crippen LogP contribution in [-0.4, -0.2) is 73.5 Å². The summed E-state index contributed by atoms with van der Waals surface area (Å²) in [7, 11) is 0. The number of amides is 2. The molecule has 0 bridgehead atoms. The first-order valence-corrected chi connectivity index (χ1v) is 11.9. The molecule has 1 aromatic carbocycles. The van der Waals surface area contributed by atoms with Crippen molar-refractivity contribution in [1.29, 1.82) is 0 Å². The van der Waals surface area contributed by atoms with Gasteiger partial charge in [-0.3, -0.25) is 14.5 Å². The number of nitrogens with zero attached hydrogens (tertiary/aromatic N) is 3. The Morgan fingerprint density at radius 3 is 2.45 bits per heavy atom. The zero-order valence-corrected chi connectivity index (χ0v) is 18.4. The van der Waals surface area contributed by atoms with E-state index in [1.54, 1.807) is 6.07 Å². The Hall–Kier alpha value is -2.15. The van der Waals surface area contributed by atoms with Crippen LogP contribution in [0, 0.1) is 11.7 Å². The maximum atomic E-state index is 14.0. The normalized spacial score (nSPS) is 22.8. The monoisotopic (exact) mass is 430 g/mol. The summed E-state index contributed by atoms with van der Waals surface area (Å²) in [4.78, 5) is 31.8. The topological polar surface area (TPSA) is 55.9 Å². The standard InChI is InChI=1S/C24H35FN4O2/c25-20-9-3-4-10-21(20)28-17-15-27(16-18-28)13-6-12-26-23(30)22-11-5-14-29(22)24(31)19-7-1-2-8-19/h3-4,9-10,19,22H,1-2,5-8,11-18H2,(H,26,30). The van der Waals surface area contributed by atoms with Crippen LogP contribution in [0.4, 0.5) is 10.1 Å². The highest BCUT2D eigenvalue weighted by atomic mass is 19.1. The molecule has 3 aliphatic rings. The van der Waals surface area contributed by atoms with Crippen LogP contribution in [0.15, 0.2) is 24.3 Å². The van der Waals surface area contributed by atoms with Crippen LogP contribution in [-0.2, 0) is 9.59 Å². The number of hydrogen-bond acceptors (Lipinski definition) is 4. The number of benzene rings is 1. The van der Waals surface area contributed by atoms with Crippen LogP contribution in [0.1, 0.15) is 44.9 Å². The minimum absolute atomic E-state index is 0.00761. The number of anilines is 1. The van der Waals surface area contributed by atoms with Gasteiger partial charge in [0, 0.05) is 45.2 Å². The van der Waals surface area contributed by atoms with E-state index in [4.69, 9.17) is 0 Å². The lowest BCUT2D eigenvalue weighted by Gasteiger charge is -2.36. The summed E-state index contributed by atoms with van der Waals surface area (Å²) in [6, 6.07) is 6.66. The fourth-order valence-electron chi connectivity index (χ4n) is 5.26. The molecule has 6 nitrogen and oxygen atoms in total. The van der Waals surface area contributed by atoms with Crippen molar-refractivity contribution in [2.45, 2.75) is 51.0 Å². The minimum Gasteiger partial charge on any atom is -0.367 e. The van der Waals surface area contributed by atoms with Crippen molar-refractivity contribution in [3.8, 4) is 0 Å². The predicted octanol–water partition coefficient (Wildman–Crippen LogP) is 2.64. The Bertz CT molecular complexity index is 760. The largest absolute Gasteiger partial charge is 0.367 e. The first-order chi connectivity index (χ1) is 15.1. The van der Waals surface area contributed by atoms with Gasteiger partial charge < -0.3 is 15.1 Å². The Labute approximate surface area is 184 Å². The van der Waals surface area contributed by atoms with Crippen LogP contribution < -0.4 is 10.2 Å². The third-order valence-corrected chi connectivity index (χ3v) is 7.06. The average Bonchev–Trinajstić information content (AvgIpc) is 3.49. The maximum Gasteiger partial charge on any atom is 0.242 e. The number of carbonyl (C=O) groups excluding carboxylic acids is 2. The second kappa shape index (κ2) is 10.4. The highest BCUT2D eigenvalue weighted by Gasteiger charge is 2.37. The fourth-order valence-corrected chi connectivity index (χ4v) is 5.26. The van der Waals surface area contributed by atoms with Gasteiger partial charge in [0.1, 0.15) is 11.9 Å². The Morgan fingerprint density at radius 1 is 0.968 bits per heavy atom. The van der Waals surface area contributed by atoms with Crippen molar-refractivity contribution in [2.24, 2.45) is 5.92 Å². The first-order valence-electron chi connectivity index (χ1n) is 11.9. The number of rotatable bonds is 7. The summed E-state index contributed by atoms with van der Waals surface area (Å²) in [5.41, 5.74) is 0.683. The molecule has 7 heteroatoms. The lowest BCUT2D eigenvalue weighted by atomic mass is 10.1. The van der Waals surface area contributed by atoms with Gasteiger partial charge >= 0.3 is 0 Å². The Balaban J connectivity index is 1.15. The van der Waals surface area contributed by atoms with E-state index in [1.807, 2.05) is 17.0 Å². The van der Waals surface area contributed by atoms with E-state index in [0.29, 0.717) is 12.2 Å². The van der Waals surface area contributed by atoms with Crippen LogP contribution in [0.25, 0.3) is 0 Å². The SMILES string of the molecule is O=C(NCCCN1CCN(c2ccccc2F)CC1)C1CCCN1C(=O)C1CCCC1. The van der Waals surface area contributed by atoms with Gasteiger partial charge in [0.2, 0.25) is 11.8 Å². The summed E-state index contributed by atoms with van der Waals surface area (Å²) in [6.07, 6.45) is 6.81. The molecule has 0 spiro atoms. The van der Waals surface area contributed by atoms with E-state index < -0.39 is 0 Å². The molecule has 1 saturated carbocycles. The average molecular weight is 431 g/mol. The van der Waals surface area contributed by atoms with E-state index in [1.165, 1.54) is 6.07 Å². The van der Waals surface area contributed by atoms with Crippen molar-refractivity contribution in [2.75, 3.05) is 50.7 Å². The zero-order chi connectivity index (χ0) is 21.6. The van der Waals surface area contributed by atoms with Crippen LogP contribution in [0.5, 0.6) is 0 Å². The molecule has 3 fully saturated rings. The van der Waals surface area contributed by atoms with Crippen molar-refractivity contribution >= 4 is 17.5 Å². The molecular formula is C24H35FN4O2. The minimum atomic E-state index is -0.280. The van der Waals surface area contributed by atoms with Gasteiger partial charge in [0.15, 0.2) is 0 Å². The van der Waals surface area contributed by atoms with Gasteiger partial charge in [-0.25, -0.2) is 4.39 Å². The van der Waals surface area contributed by atoms with E-state index >= 15 is 0 Å². The lowest BCUT2D eigenvalue weighted by molar-refractivity contribution is -0.141. The first kappa shape index (κ1) is 22.1. The van der Waals surface area contributed by atoms with Crippen LogP contribution >= 0.6 is 0 Å². The number of nitrogens with one attached hydrogen (secondary N) is 1. The second-order valence-electron chi connectivity index (χ2n) is 9.10. The molecule has 1 N–H and O–H groups in total. The lowest BCUT2D eigenvalue weighted by Crippen LogP contribution is -2.49. The molecule has 2 aliphatic heterocycles. The molecule has 170 valence electrons. The number of likely N-dealkylation sites (tertiary alicyclic amines) is 1. The fraction of sp³-hybridized carbons (Fsp3) is 0.667. The number of hydrogen-bond donors (Lipinski definition) is 1. The highest BCUT2D eigenvalue weighted by molar-refractivity contribution is 5.89. The van der Waals surface area contributed by atoms with Crippen molar-refractivity contribution in [3.05, 3.63) is 30.1 Å². The molecule has 31 heavy (non-hydrogen) atoms. The number of piperazine rings is 1. The molecule has 1 atom stereocenters. The Morgan fingerprint density at radius 2 is 1.71 bits per heavy atom. The van der Waals surface area contributed by atoms with Gasteiger partial charge in [0.25, 0.3) is 0 Å². The molecule has 1 aliphatic carbocycles. The summed E-state index contributed by atoms with van der Waals surface area (Å²) >= 11 is 0. The van der Waals surface area contributed by atoms with Crippen LogP contribution in [0.3, 0.4) is 0 Å². The summed E-state index contributed by atoms with van der Waals surface area (Å²) in [5.74, 6) is 0.179. The van der Waals surface area contributed by atoms with Crippen LogP contribution in [0.2, 0.25) is 0 Å². The molecule has 2 amide bonds. The summed E-state index contributed by atoms with van der Waals surface area (Å²) in [6.45, 7) is 5.69. The summed E-state index contributed by atoms with van der Waals surface area (Å²) in [5, 5.41) is 3.06. The number of carbonyl (C=O) groups is 2. The predicted molar refractivity (Wildman–Crippen MR) is 119 cm³/mol. The molecule has 1 unspecified atom stereocenters. The van der Waals surface area contributed by atoms with E-state index in [-0.39, 0.29) is 29.6 Å². The molecular weight excluding hydrogens is 395 g/mol. The molecule has 2 saturated heterocycles.